The van der Waals surface area contributed by atoms with Crippen LogP contribution < -0.4 is 0 Å². The van der Waals surface area contributed by atoms with Gasteiger partial charge >= 0.3 is 0 Å². The molecule has 0 aliphatic heterocycles. The zero-order valence-corrected chi connectivity index (χ0v) is 6.51. The molecule has 1 aromatic rings. The summed E-state index contributed by atoms with van der Waals surface area (Å²) >= 11 is 0. The average molecular weight is 154 g/mol. The van der Waals surface area contributed by atoms with Gasteiger partial charge in [-0.25, -0.2) is 4.39 Å². The number of benzene rings is 1. The zero-order chi connectivity index (χ0) is 8.10. The second kappa shape index (κ2) is 4.09. The van der Waals surface area contributed by atoms with Crippen molar-refractivity contribution in [1.29, 1.82) is 0 Å². The topological polar surface area (TPSA) is 9.23 Å². The Hall–Kier alpha value is -0.890. The minimum atomic E-state index is -0.396. The number of methoxy groups -OCH3 is 1. The molecule has 0 amide bonds. The van der Waals surface area contributed by atoms with Gasteiger partial charge in [-0.05, 0) is 11.1 Å². The third-order valence-electron chi connectivity index (χ3n) is 1.49. The van der Waals surface area contributed by atoms with Crippen molar-refractivity contribution >= 4 is 0 Å². The van der Waals surface area contributed by atoms with E-state index >= 15 is 0 Å². The first-order valence-corrected chi connectivity index (χ1v) is 3.49. The van der Waals surface area contributed by atoms with Gasteiger partial charge in [0.15, 0.2) is 0 Å². The van der Waals surface area contributed by atoms with Crippen LogP contribution in [-0.4, -0.2) is 7.11 Å². The molecule has 0 aliphatic rings. The van der Waals surface area contributed by atoms with Crippen molar-refractivity contribution in [2.45, 2.75) is 13.3 Å². The van der Waals surface area contributed by atoms with Crippen molar-refractivity contribution in [3.63, 3.8) is 0 Å². The predicted molar refractivity (Wildman–Crippen MR) is 42.0 cm³/mol. The van der Waals surface area contributed by atoms with Crippen molar-refractivity contribution < 1.29 is 9.13 Å². The minimum absolute atomic E-state index is 0.396. The Bertz CT molecular complexity index is 205. The van der Waals surface area contributed by atoms with Crippen LogP contribution in [0.15, 0.2) is 24.3 Å². The smallest absolute Gasteiger partial charge is 0.115 e. The highest BCUT2D eigenvalue weighted by molar-refractivity contribution is 5.21. The lowest BCUT2D eigenvalue weighted by molar-refractivity contribution is 0.185. The van der Waals surface area contributed by atoms with Crippen LogP contribution in [-0.2, 0) is 18.0 Å². The summed E-state index contributed by atoms with van der Waals surface area (Å²) in [5.41, 5.74) is 1.79. The SMILES string of the molecule is COCc1ccc(CF)cc1. The van der Waals surface area contributed by atoms with Gasteiger partial charge in [0.2, 0.25) is 0 Å². The molecule has 0 aliphatic carbocycles. The lowest BCUT2D eigenvalue weighted by Gasteiger charge is -1.99. The summed E-state index contributed by atoms with van der Waals surface area (Å²) in [5, 5.41) is 0. The van der Waals surface area contributed by atoms with E-state index in [2.05, 4.69) is 0 Å². The van der Waals surface area contributed by atoms with E-state index in [1.807, 2.05) is 12.1 Å². The summed E-state index contributed by atoms with van der Waals surface area (Å²) in [5.74, 6) is 0. The standard InChI is InChI=1S/C9H11FO/c1-11-7-9-4-2-8(6-10)3-5-9/h2-5H,6-7H2,1H3. The first-order chi connectivity index (χ1) is 5.36. The molecule has 2 heteroatoms. The van der Waals surface area contributed by atoms with E-state index < -0.39 is 6.67 Å². The third kappa shape index (κ3) is 2.31. The van der Waals surface area contributed by atoms with Crippen LogP contribution in [0.5, 0.6) is 0 Å². The Kier molecular flexibility index (Phi) is 3.05. The molecule has 0 saturated carbocycles. The summed E-state index contributed by atoms with van der Waals surface area (Å²) in [4.78, 5) is 0. The van der Waals surface area contributed by atoms with E-state index in [0.29, 0.717) is 12.2 Å². The molecule has 0 N–H and O–H groups in total. The van der Waals surface area contributed by atoms with Crippen molar-refractivity contribution in [3.8, 4) is 0 Å². The molecule has 0 spiro atoms. The number of alkyl halides is 1. The van der Waals surface area contributed by atoms with Gasteiger partial charge in [-0.3, -0.25) is 0 Å². The molecule has 0 atom stereocenters. The zero-order valence-electron chi connectivity index (χ0n) is 6.51. The number of hydrogen-bond acceptors (Lipinski definition) is 1. The first-order valence-electron chi connectivity index (χ1n) is 3.49. The monoisotopic (exact) mass is 154 g/mol. The molecule has 1 nitrogen and oxygen atoms in total. The van der Waals surface area contributed by atoms with E-state index in [0.717, 1.165) is 5.56 Å². The Morgan fingerprint density at radius 3 is 2.18 bits per heavy atom. The Labute approximate surface area is 65.8 Å². The Morgan fingerprint density at radius 1 is 1.18 bits per heavy atom. The van der Waals surface area contributed by atoms with E-state index in [-0.39, 0.29) is 0 Å². The molecule has 0 fully saturated rings. The number of hydrogen-bond donors (Lipinski definition) is 0. The minimum Gasteiger partial charge on any atom is -0.380 e. The molecule has 1 rings (SSSR count). The summed E-state index contributed by atoms with van der Waals surface area (Å²) in [6, 6.07) is 7.29. The highest BCUT2D eigenvalue weighted by Gasteiger charge is 1.92. The summed E-state index contributed by atoms with van der Waals surface area (Å²) in [7, 11) is 1.64. The maximum atomic E-state index is 12.0. The van der Waals surface area contributed by atoms with E-state index in [1.54, 1.807) is 19.2 Å². The van der Waals surface area contributed by atoms with Crippen LogP contribution in [0.4, 0.5) is 4.39 Å². The third-order valence-corrected chi connectivity index (χ3v) is 1.49. The highest BCUT2D eigenvalue weighted by atomic mass is 19.1. The molecule has 0 saturated heterocycles. The molecule has 11 heavy (non-hydrogen) atoms. The van der Waals surface area contributed by atoms with Gasteiger partial charge in [-0.1, -0.05) is 24.3 Å². The molecule has 0 heterocycles. The molecule has 0 radical (unpaired) electrons. The van der Waals surface area contributed by atoms with E-state index in [9.17, 15) is 4.39 Å². The molecule has 0 bridgehead atoms. The van der Waals surface area contributed by atoms with Crippen LogP contribution >= 0.6 is 0 Å². The fourth-order valence-corrected chi connectivity index (χ4v) is 0.891. The van der Waals surface area contributed by atoms with Gasteiger partial charge in [0.1, 0.15) is 6.67 Å². The van der Waals surface area contributed by atoms with E-state index in [4.69, 9.17) is 4.74 Å². The largest absolute Gasteiger partial charge is 0.380 e. The fourth-order valence-electron chi connectivity index (χ4n) is 0.891. The molecule has 0 unspecified atom stereocenters. The molecule has 0 aromatic heterocycles. The van der Waals surface area contributed by atoms with Crippen molar-refractivity contribution in [3.05, 3.63) is 35.4 Å². The van der Waals surface area contributed by atoms with Crippen molar-refractivity contribution in [2.24, 2.45) is 0 Å². The summed E-state index contributed by atoms with van der Waals surface area (Å²) in [6.45, 7) is 0.194. The summed E-state index contributed by atoms with van der Waals surface area (Å²) in [6.07, 6.45) is 0. The lowest BCUT2D eigenvalue weighted by atomic mass is 10.2. The maximum absolute atomic E-state index is 12.0. The molecular weight excluding hydrogens is 143 g/mol. The molecular formula is C9H11FO. The van der Waals surface area contributed by atoms with Gasteiger partial charge in [0.25, 0.3) is 0 Å². The predicted octanol–water partition coefficient (Wildman–Crippen LogP) is 2.30. The molecule has 60 valence electrons. The lowest BCUT2D eigenvalue weighted by Crippen LogP contribution is -1.87. The normalized spacial score (nSPS) is 10.0. The number of halogens is 1. The van der Waals surface area contributed by atoms with E-state index in [1.165, 1.54) is 0 Å². The van der Waals surface area contributed by atoms with Crippen LogP contribution in [0.25, 0.3) is 0 Å². The van der Waals surface area contributed by atoms with Gasteiger partial charge in [0.05, 0.1) is 6.61 Å². The van der Waals surface area contributed by atoms with Crippen LogP contribution in [0.2, 0.25) is 0 Å². The van der Waals surface area contributed by atoms with Gasteiger partial charge in [0, 0.05) is 7.11 Å². The van der Waals surface area contributed by atoms with Gasteiger partial charge in [-0.15, -0.1) is 0 Å². The fraction of sp³-hybridized carbons (Fsp3) is 0.333. The van der Waals surface area contributed by atoms with Crippen molar-refractivity contribution in [2.75, 3.05) is 7.11 Å². The number of ether oxygens (including phenoxy) is 1. The van der Waals surface area contributed by atoms with Gasteiger partial charge < -0.3 is 4.74 Å². The summed E-state index contributed by atoms with van der Waals surface area (Å²) < 4.78 is 16.9. The number of rotatable bonds is 3. The second-order valence-electron chi connectivity index (χ2n) is 2.38. The second-order valence-corrected chi connectivity index (χ2v) is 2.38. The van der Waals surface area contributed by atoms with Crippen LogP contribution in [0.3, 0.4) is 0 Å². The average Bonchev–Trinajstić information content (AvgIpc) is 2.07. The van der Waals surface area contributed by atoms with Gasteiger partial charge in [-0.2, -0.15) is 0 Å². The first kappa shape index (κ1) is 8.21. The Morgan fingerprint density at radius 2 is 1.73 bits per heavy atom. The highest BCUT2D eigenvalue weighted by Crippen LogP contribution is 2.05. The molecule has 1 aromatic carbocycles. The maximum Gasteiger partial charge on any atom is 0.115 e. The quantitative estimate of drug-likeness (QED) is 0.649. The van der Waals surface area contributed by atoms with Crippen LogP contribution in [0.1, 0.15) is 11.1 Å². The van der Waals surface area contributed by atoms with Crippen LogP contribution in [0, 0.1) is 0 Å². The van der Waals surface area contributed by atoms with Crippen molar-refractivity contribution in [1.82, 2.24) is 0 Å². The Balaban J connectivity index is 2.66.